The number of hydrogen-bond donors (Lipinski definition) is 1. The van der Waals surface area contributed by atoms with Crippen LogP contribution in [0.3, 0.4) is 0 Å². The van der Waals surface area contributed by atoms with Crippen LogP contribution in [-0.4, -0.2) is 35.2 Å². The summed E-state index contributed by atoms with van der Waals surface area (Å²) < 4.78 is 0. The lowest BCUT2D eigenvalue weighted by molar-refractivity contribution is 0.129. The second-order valence-electron chi connectivity index (χ2n) is 3.10. The van der Waals surface area contributed by atoms with Crippen LogP contribution in [0.5, 0.6) is 0 Å². The Kier molecular flexibility index (Phi) is 1.51. The molecule has 1 saturated heterocycles. The first kappa shape index (κ1) is 6.38. The van der Waals surface area contributed by atoms with E-state index >= 15 is 0 Å². The summed E-state index contributed by atoms with van der Waals surface area (Å²) in [6.45, 7) is 2.38. The van der Waals surface area contributed by atoms with Crippen LogP contribution in [0.25, 0.3) is 0 Å². The minimum atomic E-state index is -0.198. The molecule has 56 valence electrons. The summed E-state index contributed by atoms with van der Waals surface area (Å²) in [6, 6.07) is 0.435. The lowest BCUT2D eigenvalue weighted by atomic mass is 9.99. The Morgan fingerprint density at radius 2 is 2.20 bits per heavy atom. The highest BCUT2D eigenvalue weighted by atomic mass is 16.3. The fourth-order valence-electron chi connectivity index (χ4n) is 1.59. The van der Waals surface area contributed by atoms with Gasteiger partial charge in [0.15, 0.2) is 0 Å². The lowest BCUT2D eigenvalue weighted by Gasteiger charge is -2.24. The topological polar surface area (TPSA) is 23.2 Å². The fourth-order valence-corrected chi connectivity index (χ4v) is 1.59. The highest BCUT2D eigenvalue weighted by molar-refractivity contribution is 5.03. The van der Waals surface area contributed by atoms with Crippen LogP contribution in [0.15, 0.2) is 12.2 Å². The van der Waals surface area contributed by atoms with Gasteiger partial charge in [-0.15, -0.1) is 0 Å². The molecule has 0 aromatic heterocycles. The van der Waals surface area contributed by atoms with E-state index in [0.29, 0.717) is 6.04 Å². The van der Waals surface area contributed by atoms with E-state index in [1.54, 1.807) is 0 Å². The van der Waals surface area contributed by atoms with Crippen LogP contribution in [0.1, 0.15) is 12.8 Å². The van der Waals surface area contributed by atoms with E-state index in [-0.39, 0.29) is 6.10 Å². The normalized spacial score (nSPS) is 40.1. The van der Waals surface area contributed by atoms with Gasteiger partial charge in [0.25, 0.3) is 0 Å². The Bertz CT molecular complexity index is 151. The smallest absolute Gasteiger partial charge is 0.0876 e. The Morgan fingerprint density at radius 1 is 1.40 bits per heavy atom. The van der Waals surface area contributed by atoms with Gasteiger partial charge in [-0.2, -0.15) is 0 Å². The molecule has 1 fully saturated rings. The Morgan fingerprint density at radius 3 is 2.80 bits per heavy atom. The quantitative estimate of drug-likeness (QED) is 0.419. The molecule has 10 heavy (non-hydrogen) atoms. The van der Waals surface area contributed by atoms with Crippen molar-refractivity contribution in [3.63, 3.8) is 0 Å². The SMILES string of the molecule is O[C@@H]1C=CCC[C@H]1N1CC1. The Hall–Kier alpha value is -0.340. The highest BCUT2D eigenvalue weighted by Gasteiger charge is 2.32. The summed E-state index contributed by atoms with van der Waals surface area (Å²) in [6.07, 6.45) is 6.07. The molecule has 2 atom stereocenters. The van der Waals surface area contributed by atoms with Crippen LogP contribution in [-0.2, 0) is 0 Å². The maximum absolute atomic E-state index is 9.45. The van der Waals surface area contributed by atoms with Gasteiger partial charge in [0.2, 0.25) is 0 Å². The van der Waals surface area contributed by atoms with Crippen molar-refractivity contribution in [2.24, 2.45) is 0 Å². The second-order valence-corrected chi connectivity index (χ2v) is 3.10. The summed E-state index contributed by atoms with van der Waals surface area (Å²) in [4.78, 5) is 2.33. The van der Waals surface area contributed by atoms with Crippen molar-refractivity contribution in [2.75, 3.05) is 13.1 Å². The molecule has 2 heteroatoms. The van der Waals surface area contributed by atoms with E-state index in [1.807, 2.05) is 6.08 Å². The molecule has 0 aromatic rings. The summed E-state index contributed by atoms with van der Waals surface area (Å²) in [5.41, 5.74) is 0. The number of rotatable bonds is 1. The van der Waals surface area contributed by atoms with Crippen molar-refractivity contribution < 1.29 is 5.11 Å². The number of nitrogens with zero attached hydrogens (tertiary/aromatic N) is 1. The standard InChI is InChI=1S/C8H13NO/c10-8-4-2-1-3-7(8)9-5-6-9/h2,4,7-8,10H,1,3,5-6H2/t7-,8-/m1/s1. The van der Waals surface area contributed by atoms with Crippen LogP contribution in [0.2, 0.25) is 0 Å². The third-order valence-corrected chi connectivity index (χ3v) is 2.31. The zero-order chi connectivity index (χ0) is 6.97. The zero-order valence-corrected chi connectivity index (χ0v) is 6.03. The van der Waals surface area contributed by atoms with Gasteiger partial charge in [-0.25, -0.2) is 0 Å². The molecule has 0 amide bonds. The maximum Gasteiger partial charge on any atom is 0.0876 e. The molecule has 0 saturated carbocycles. The van der Waals surface area contributed by atoms with Crippen LogP contribution in [0.4, 0.5) is 0 Å². The minimum Gasteiger partial charge on any atom is -0.387 e. The van der Waals surface area contributed by atoms with Crippen LogP contribution >= 0.6 is 0 Å². The van der Waals surface area contributed by atoms with Gasteiger partial charge in [-0.05, 0) is 12.8 Å². The predicted molar refractivity (Wildman–Crippen MR) is 39.7 cm³/mol. The van der Waals surface area contributed by atoms with Crippen molar-refractivity contribution in [3.8, 4) is 0 Å². The molecule has 0 unspecified atom stereocenters. The molecule has 0 spiro atoms. The van der Waals surface area contributed by atoms with Crippen molar-refractivity contribution in [2.45, 2.75) is 25.0 Å². The van der Waals surface area contributed by atoms with E-state index in [4.69, 9.17) is 0 Å². The van der Waals surface area contributed by atoms with E-state index in [9.17, 15) is 5.11 Å². The number of allylic oxidation sites excluding steroid dienone is 1. The third-order valence-electron chi connectivity index (χ3n) is 2.31. The molecule has 0 bridgehead atoms. The van der Waals surface area contributed by atoms with Crippen molar-refractivity contribution in [1.82, 2.24) is 4.90 Å². The summed E-state index contributed by atoms with van der Waals surface area (Å²) >= 11 is 0. The third kappa shape index (κ3) is 1.09. The molecule has 1 heterocycles. The monoisotopic (exact) mass is 139 g/mol. The largest absolute Gasteiger partial charge is 0.387 e. The van der Waals surface area contributed by atoms with E-state index in [1.165, 1.54) is 13.1 Å². The summed E-state index contributed by atoms with van der Waals surface area (Å²) in [5.74, 6) is 0. The molecule has 2 nitrogen and oxygen atoms in total. The lowest BCUT2D eigenvalue weighted by Crippen LogP contribution is -2.33. The fraction of sp³-hybridized carbons (Fsp3) is 0.750. The van der Waals surface area contributed by atoms with Gasteiger partial charge in [0, 0.05) is 19.1 Å². The van der Waals surface area contributed by atoms with Crippen molar-refractivity contribution in [1.29, 1.82) is 0 Å². The first-order chi connectivity index (χ1) is 4.88. The summed E-state index contributed by atoms with van der Waals surface area (Å²) in [7, 11) is 0. The van der Waals surface area contributed by atoms with E-state index in [0.717, 1.165) is 12.8 Å². The Balaban J connectivity index is 1.99. The maximum atomic E-state index is 9.45. The van der Waals surface area contributed by atoms with E-state index in [2.05, 4.69) is 11.0 Å². The molecule has 0 aromatic carbocycles. The van der Waals surface area contributed by atoms with Gasteiger partial charge in [0.05, 0.1) is 6.10 Å². The molecule has 1 N–H and O–H groups in total. The molecule has 2 rings (SSSR count). The number of aliphatic hydroxyl groups excluding tert-OH is 1. The molecule has 0 radical (unpaired) electrons. The van der Waals surface area contributed by atoms with Gasteiger partial charge in [-0.3, -0.25) is 4.90 Å². The molecular weight excluding hydrogens is 126 g/mol. The summed E-state index contributed by atoms with van der Waals surface area (Å²) in [5, 5.41) is 9.45. The minimum absolute atomic E-state index is 0.198. The van der Waals surface area contributed by atoms with Crippen LogP contribution in [0, 0.1) is 0 Å². The van der Waals surface area contributed by atoms with Crippen molar-refractivity contribution >= 4 is 0 Å². The highest BCUT2D eigenvalue weighted by Crippen LogP contribution is 2.22. The zero-order valence-electron chi connectivity index (χ0n) is 6.03. The molecular formula is C8H13NO. The van der Waals surface area contributed by atoms with Gasteiger partial charge >= 0.3 is 0 Å². The molecule has 1 aliphatic carbocycles. The average molecular weight is 139 g/mol. The number of aliphatic hydroxyl groups is 1. The first-order valence-corrected chi connectivity index (χ1v) is 3.97. The molecule has 2 aliphatic rings. The van der Waals surface area contributed by atoms with Gasteiger partial charge in [-0.1, -0.05) is 12.2 Å². The van der Waals surface area contributed by atoms with Gasteiger partial charge < -0.3 is 5.11 Å². The Labute approximate surface area is 61.1 Å². The molecule has 1 aliphatic heterocycles. The average Bonchev–Trinajstić information content (AvgIpc) is 2.71. The van der Waals surface area contributed by atoms with Gasteiger partial charge in [0.1, 0.15) is 0 Å². The number of hydrogen-bond acceptors (Lipinski definition) is 2. The van der Waals surface area contributed by atoms with E-state index < -0.39 is 0 Å². The van der Waals surface area contributed by atoms with Crippen molar-refractivity contribution in [3.05, 3.63) is 12.2 Å². The van der Waals surface area contributed by atoms with Crippen LogP contribution < -0.4 is 0 Å². The second kappa shape index (κ2) is 2.36. The predicted octanol–water partition coefficient (Wildman–Crippen LogP) is 0.381. The first-order valence-electron chi connectivity index (χ1n) is 3.97.